The molecule has 2 aromatic rings. The van der Waals surface area contributed by atoms with Crippen molar-refractivity contribution in [1.82, 2.24) is 25.5 Å². The third-order valence-electron chi connectivity index (χ3n) is 5.28. The van der Waals surface area contributed by atoms with Crippen molar-refractivity contribution in [2.24, 2.45) is 11.8 Å². The average Bonchev–Trinajstić information content (AvgIpc) is 2.77. The van der Waals surface area contributed by atoms with Gasteiger partial charge in [0.1, 0.15) is 0 Å². The van der Waals surface area contributed by atoms with Crippen LogP contribution in [-0.2, 0) is 16.1 Å². The molecule has 1 aliphatic heterocycles. The fraction of sp³-hybridized carbons (Fsp3) is 0.476. The van der Waals surface area contributed by atoms with Gasteiger partial charge in [-0.05, 0) is 25.8 Å². The summed E-state index contributed by atoms with van der Waals surface area (Å²) in [4.78, 5) is 51.6. The number of amides is 3. The summed E-state index contributed by atoms with van der Waals surface area (Å²) in [5.74, 6) is -1.45. The lowest BCUT2D eigenvalue weighted by atomic mass is 9.96. The van der Waals surface area contributed by atoms with Gasteiger partial charge in [-0.1, -0.05) is 32.0 Å². The standard InChI is InChI=1S/C21H27N5O4/c1-4-26-21(30)16-10-6-5-9-15(16)17(24-26)19(28)23-22-18(27)14-8-7-11-25(12-14)20(29)13(2)3/h5-6,9-10,13-14H,4,7-8,11-12H2,1-3H3,(H,22,27)(H,23,28). The number of hydrazine groups is 1. The van der Waals surface area contributed by atoms with Gasteiger partial charge < -0.3 is 4.90 Å². The number of carbonyl (C=O) groups excluding carboxylic acids is 3. The third-order valence-corrected chi connectivity index (χ3v) is 5.28. The molecule has 2 N–H and O–H groups in total. The molecular weight excluding hydrogens is 386 g/mol. The summed E-state index contributed by atoms with van der Waals surface area (Å²) in [6.07, 6.45) is 1.38. The van der Waals surface area contributed by atoms with E-state index in [0.717, 1.165) is 6.42 Å². The van der Waals surface area contributed by atoms with Gasteiger partial charge in [0.25, 0.3) is 11.5 Å². The van der Waals surface area contributed by atoms with Crippen LogP contribution in [0.15, 0.2) is 29.1 Å². The normalized spacial score (nSPS) is 16.5. The number of nitrogens with zero attached hydrogens (tertiary/aromatic N) is 3. The Hall–Kier alpha value is -3.23. The van der Waals surface area contributed by atoms with Crippen LogP contribution in [0.2, 0.25) is 0 Å². The molecule has 0 spiro atoms. The molecule has 1 atom stereocenters. The number of rotatable bonds is 4. The zero-order valence-corrected chi connectivity index (χ0v) is 17.5. The number of fused-ring (bicyclic) bond motifs is 1. The molecule has 0 saturated carbocycles. The van der Waals surface area contributed by atoms with Crippen molar-refractivity contribution in [3.8, 4) is 0 Å². The lowest BCUT2D eigenvalue weighted by Gasteiger charge is -2.33. The average molecular weight is 413 g/mol. The molecule has 1 fully saturated rings. The third kappa shape index (κ3) is 4.34. The van der Waals surface area contributed by atoms with Gasteiger partial charge in [-0.25, -0.2) is 4.68 Å². The zero-order chi connectivity index (χ0) is 21.8. The maximum absolute atomic E-state index is 12.7. The Morgan fingerprint density at radius 1 is 1.17 bits per heavy atom. The monoisotopic (exact) mass is 413 g/mol. The van der Waals surface area contributed by atoms with E-state index in [2.05, 4.69) is 16.0 Å². The van der Waals surface area contributed by atoms with Crippen molar-refractivity contribution in [1.29, 1.82) is 0 Å². The van der Waals surface area contributed by atoms with Crippen LogP contribution in [0.5, 0.6) is 0 Å². The number of piperidine rings is 1. The first-order valence-corrected chi connectivity index (χ1v) is 10.2. The van der Waals surface area contributed by atoms with E-state index in [-0.39, 0.29) is 29.0 Å². The number of aromatic nitrogens is 2. The largest absolute Gasteiger partial charge is 0.342 e. The van der Waals surface area contributed by atoms with Gasteiger partial charge >= 0.3 is 0 Å². The summed E-state index contributed by atoms with van der Waals surface area (Å²) in [7, 11) is 0. The minimum Gasteiger partial charge on any atom is -0.342 e. The molecule has 9 heteroatoms. The molecule has 1 aromatic heterocycles. The quantitative estimate of drug-likeness (QED) is 0.728. The van der Waals surface area contributed by atoms with E-state index in [1.807, 2.05) is 13.8 Å². The number of carbonyl (C=O) groups is 3. The summed E-state index contributed by atoms with van der Waals surface area (Å²) >= 11 is 0. The van der Waals surface area contributed by atoms with Crippen molar-refractivity contribution in [3.63, 3.8) is 0 Å². The van der Waals surface area contributed by atoms with Gasteiger partial charge in [0.15, 0.2) is 5.69 Å². The fourth-order valence-electron chi connectivity index (χ4n) is 3.65. The van der Waals surface area contributed by atoms with E-state index >= 15 is 0 Å². The van der Waals surface area contributed by atoms with Crippen molar-refractivity contribution >= 4 is 28.5 Å². The molecule has 2 heterocycles. The number of hydrogen-bond acceptors (Lipinski definition) is 5. The second-order valence-electron chi connectivity index (χ2n) is 7.74. The molecule has 3 amide bonds. The minimum atomic E-state index is -0.604. The van der Waals surface area contributed by atoms with Crippen LogP contribution in [-0.4, -0.2) is 45.5 Å². The molecule has 9 nitrogen and oxygen atoms in total. The van der Waals surface area contributed by atoms with Gasteiger partial charge in [0, 0.05) is 30.9 Å². The topological polar surface area (TPSA) is 113 Å². The van der Waals surface area contributed by atoms with E-state index in [9.17, 15) is 19.2 Å². The molecule has 1 aromatic carbocycles. The number of benzene rings is 1. The summed E-state index contributed by atoms with van der Waals surface area (Å²) in [6.45, 7) is 6.72. The molecule has 1 saturated heterocycles. The number of aryl methyl sites for hydroxylation is 1. The molecule has 0 bridgehead atoms. The van der Waals surface area contributed by atoms with E-state index in [1.54, 1.807) is 36.1 Å². The van der Waals surface area contributed by atoms with Crippen LogP contribution in [0.4, 0.5) is 0 Å². The summed E-state index contributed by atoms with van der Waals surface area (Å²) < 4.78 is 1.22. The van der Waals surface area contributed by atoms with Crippen molar-refractivity contribution in [3.05, 3.63) is 40.3 Å². The molecule has 1 aliphatic rings. The first kappa shape index (κ1) is 21.5. The highest BCUT2D eigenvalue weighted by Crippen LogP contribution is 2.18. The fourth-order valence-corrected chi connectivity index (χ4v) is 3.65. The van der Waals surface area contributed by atoms with Crippen LogP contribution in [0.25, 0.3) is 10.8 Å². The SMILES string of the molecule is CCn1nc(C(=O)NNC(=O)C2CCCN(C(=O)C(C)C)C2)c2ccccc2c1=O. The Bertz CT molecular complexity index is 1030. The number of likely N-dealkylation sites (tertiary alicyclic amines) is 1. The van der Waals surface area contributed by atoms with Crippen LogP contribution in [0, 0.1) is 11.8 Å². The van der Waals surface area contributed by atoms with Gasteiger partial charge in [0.05, 0.1) is 11.3 Å². The number of nitrogens with one attached hydrogen (secondary N) is 2. The maximum atomic E-state index is 12.7. The van der Waals surface area contributed by atoms with E-state index in [4.69, 9.17) is 0 Å². The predicted molar refractivity (Wildman–Crippen MR) is 111 cm³/mol. The lowest BCUT2D eigenvalue weighted by molar-refractivity contribution is -0.138. The molecular formula is C21H27N5O4. The Labute approximate surface area is 174 Å². The molecule has 0 aliphatic carbocycles. The summed E-state index contributed by atoms with van der Waals surface area (Å²) in [6, 6.07) is 6.73. The Balaban J connectivity index is 1.71. The Morgan fingerprint density at radius 2 is 1.87 bits per heavy atom. The van der Waals surface area contributed by atoms with E-state index in [1.165, 1.54) is 4.68 Å². The van der Waals surface area contributed by atoms with E-state index < -0.39 is 11.8 Å². The van der Waals surface area contributed by atoms with E-state index in [0.29, 0.717) is 36.8 Å². The first-order valence-electron chi connectivity index (χ1n) is 10.2. The highest BCUT2D eigenvalue weighted by Gasteiger charge is 2.29. The van der Waals surface area contributed by atoms with Crippen LogP contribution in [0.1, 0.15) is 44.1 Å². The highest BCUT2D eigenvalue weighted by molar-refractivity contribution is 6.05. The second kappa shape index (κ2) is 9.06. The second-order valence-corrected chi connectivity index (χ2v) is 7.74. The van der Waals surface area contributed by atoms with Gasteiger partial charge in [0.2, 0.25) is 11.8 Å². The smallest absolute Gasteiger partial charge is 0.290 e. The van der Waals surface area contributed by atoms with Crippen molar-refractivity contribution in [2.75, 3.05) is 13.1 Å². The molecule has 1 unspecified atom stereocenters. The van der Waals surface area contributed by atoms with Gasteiger partial charge in [-0.2, -0.15) is 5.10 Å². The van der Waals surface area contributed by atoms with Crippen molar-refractivity contribution < 1.29 is 14.4 Å². The zero-order valence-electron chi connectivity index (χ0n) is 17.5. The first-order chi connectivity index (χ1) is 14.3. The minimum absolute atomic E-state index is 0.0222. The molecule has 0 radical (unpaired) electrons. The van der Waals surface area contributed by atoms with Crippen LogP contribution in [0.3, 0.4) is 0 Å². The van der Waals surface area contributed by atoms with Crippen LogP contribution < -0.4 is 16.4 Å². The highest BCUT2D eigenvalue weighted by atomic mass is 16.2. The van der Waals surface area contributed by atoms with Crippen molar-refractivity contribution in [2.45, 2.75) is 40.2 Å². The summed E-state index contributed by atoms with van der Waals surface area (Å²) in [5, 5.41) is 4.96. The number of hydrogen-bond donors (Lipinski definition) is 2. The molecule has 3 rings (SSSR count). The van der Waals surface area contributed by atoms with Gasteiger partial charge in [-0.15, -0.1) is 0 Å². The van der Waals surface area contributed by atoms with Gasteiger partial charge in [-0.3, -0.25) is 30.0 Å². The lowest BCUT2D eigenvalue weighted by Crippen LogP contribution is -2.50. The predicted octanol–water partition coefficient (Wildman–Crippen LogP) is 1.07. The molecule has 160 valence electrons. The Morgan fingerprint density at radius 3 is 2.53 bits per heavy atom. The Kier molecular flexibility index (Phi) is 6.49. The summed E-state index contributed by atoms with van der Waals surface area (Å²) in [5.41, 5.74) is 4.65. The maximum Gasteiger partial charge on any atom is 0.290 e. The van der Waals surface area contributed by atoms with Crippen LogP contribution >= 0.6 is 0 Å². The molecule has 30 heavy (non-hydrogen) atoms.